The Morgan fingerprint density at radius 2 is 1.38 bits per heavy atom. The Kier molecular flexibility index (Phi) is 3.98. The molecule has 7 aromatic rings. The summed E-state index contributed by atoms with van der Waals surface area (Å²) in [5, 5.41) is 24.7. The Labute approximate surface area is 229 Å². The van der Waals surface area contributed by atoms with Gasteiger partial charge in [0.05, 0.1) is 17.2 Å². The van der Waals surface area contributed by atoms with Crippen molar-refractivity contribution in [2.75, 3.05) is 0 Å². The van der Waals surface area contributed by atoms with Crippen molar-refractivity contribution in [3.63, 3.8) is 0 Å². The van der Waals surface area contributed by atoms with E-state index in [0.29, 0.717) is 17.5 Å². The van der Waals surface area contributed by atoms with Crippen molar-refractivity contribution in [1.82, 2.24) is 0 Å². The van der Waals surface area contributed by atoms with Crippen molar-refractivity contribution in [3.05, 3.63) is 119 Å². The number of hydrogen-bond donors (Lipinski definition) is 0. The van der Waals surface area contributed by atoms with Crippen LogP contribution in [0.4, 0.5) is 0 Å². The first-order valence-electron chi connectivity index (χ1n) is 13.4. The third kappa shape index (κ3) is 2.57. The van der Waals surface area contributed by atoms with Crippen LogP contribution in [0.3, 0.4) is 0 Å². The van der Waals surface area contributed by atoms with E-state index < -0.39 is 0 Å². The van der Waals surface area contributed by atoms with E-state index in [1.807, 2.05) is 36.4 Å². The molecule has 0 bridgehead atoms. The molecule has 6 aromatic carbocycles. The summed E-state index contributed by atoms with van der Waals surface area (Å²) >= 11 is 0. The monoisotopic (exact) mass is 506 g/mol. The highest BCUT2D eigenvalue weighted by Gasteiger charge is 2.31. The summed E-state index contributed by atoms with van der Waals surface area (Å²) < 4.78 is 6.46. The molecular weight excluding hydrogens is 488 g/mol. The summed E-state index contributed by atoms with van der Waals surface area (Å²) in [5.41, 5.74) is 14.0. The fourth-order valence-electron chi connectivity index (χ4n) is 7.10. The van der Waals surface area contributed by atoms with E-state index in [2.05, 4.69) is 72.8 Å². The van der Waals surface area contributed by atoms with Gasteiger partial charge in [-0.2, -0.15) is 10.5 Å². The number of rotatable bonds is 1. The number of nitrogens with zero attached hydrogens (tertiary/aromatic N) is 2. The summed E-state index contributed by atoms with van der Waals surface area (Å²) in [6.07, 6.45) is 0.636. The Bertz CT molecular complexity index is 2370. The maximum atomic E-state index is 10.7. The van der Waals surface area contributed by atoms with E-state index in [-0.39, 0.29) is 0 Å². The highest BCUT2D eigenvalue weighted by atomic mass is 16.3. The van der Waals surface area contributed by atoms with Gasteiger partial charge in [0, 0.05) is 28.3 Å². The van der Waals surface area contributed by atoms with E-state index in [4.69, 9.17) is 4.42 Å². The summed E-state index contributed by atoms with van der Waals surface area (Å²) in [5.74, 6) is 0. The van der Waals surface area contributed by atoms with Gasteiger partial charge in [-0.3, -0.25) is 0 Å². The lowest BCUT2D eigenvalue weighted by Crippen LogP contribution is -1.95. The van der Waals surface area contributed by atoms with Crippen LogP contribution in [-0.2, 0) is 6.42 Å². The first-order chi connectivity index (χ1) is 19.7. The number of hydrogen-bond acceptors (Lipinski definition) is 3. The molecule has 0 atom stereocenters. The summed E-state index contributed by atoms with van der Waals surface area (Å²) in [6, 6.07) is 38.2. The molecule has 9 rings (SSSR count). The smallest absolute Gasteiger partial charge is 0.136 e. The minimum Gasteiger partial charge on any atom is -0.456 e. The number of benzene rings is 6. The zero-order valence-corrected chi connectivity index (χ0v) is 21.2. The molecule has 0 aliphatic heterocycles. The van der Waals surface area contributed by atoms with Gasteiger partial charge >= 0.3 is 0 Å². The van der Waals surface area contributed by atoms with Crippen molar-refractivity contribution >= 4 is 32.7 Å². The van der Waals surface area contributed by atoms with E-state index in [9.17, 15) is 10.5 Å². The van der Waals surface area contributed by atoms with Gasteiger partial charge in [-0.1, -0.05) is 72.8 Å². The standard InChI is InChI=1S/C37H18N2O/c38-18-20-11-12-23-22(15-20)16-29-24(23)13-14-26(31(29)19-39)37-35-28-9-4-6-21-5-3-8-25(34(21)28)30(35)17-33-36(37)27-7-1-2-10-32(27)40-33/h1-15,17H,16H2. The van der Waals surface area contributed by atoms with Crippen LogP contribution in [0.5, 0.6) is 0 Å². The Morgan fingerprint density at radius 3 is 2.23 bits per heavy atom. The molecular formula is C37H18N2O. The van der Waals surface area contributed by atoms with Crippen molar-refractivity contribution in [3.8, 4) is 56.6 Å². The topological polar surface area (TPSA) is 60.7 Å². The van der Waals surface area contributed by atoms with Crippen molar-refractivity contribution in [2.45, 2.75) is 6.42 Å². The molecule has 0 radical (unpaired) electrons. The lowest BCUT2D eigenvalue weighted by molar-refractivity contribution is 0.669. The van der Waals surface area contributed by atoms with Crippen molar-refractivity contribution in [2.24, 2.45) is 0 Å². The second-order valence-corrected chi connectivity index (χ2v) is 10.6. The predicted octanol–water partition coefficient (Wildman–Crippen LogP) is 9.37. The Morgan fingerprint density at radius 1 is 0.575 bits per heavy atom. The summed E-state index contributed by atoms with van der Waals surface area (Å²) in [4.78, 5) is 0. The molecule has 0 saturated carbocycles. The van der Waals surface area contributed by atoms with Gasteiger partial charge in [-0.25, -0.2) is 0 Å². The zero-order chi connectivity index (χ0) is 26.5. The van der Waals surface area contributed by atoms with Crippen LogP contribution in [0.15, 0.2) is 101 Å². The van der Waals surface area contributed by atoms with Crippen LogP contribution < -0.4 is 0 Å². The van der Waals surface area contributed by atoms with Crippen LogP contribution in [0, 0.1) is 22.7 Å². The van der Waals surface area contributed by atoms with Gasteiger partial charge < -0.3 is 4.42 Å². The van der Waals surface area contributed by atoms with Gasteiger partial charge in [-0.15, -0.1) is 0 Å². The van der Waals surface area contributed by atoms with Crippen molar-refractivity contribution < 1.29 is 4.42 Å². The van der Waals surface area contributed by atoms with Gasteiger partial charge in [0.15, 0.2) is 0 Å². The quantitative estimate of drug-likeness (QED) is 0.223. The molecule has 3 heteroatoms. The van der Waals surface area contributed by atoms with Crippen LogP contribution in [-0.4, -0.2) is 0 Å². The zero-order valence-electron chi connectivity index (χ0n) is 21.2. The van der Waals surface area contributed by atoms with E-state index in [1.54, 1.807) is 0 Å². The van der Waals surface area contributed by atoms with E-state index in [1.165, 1.54) is 21.9 Å². The lowest BCUT2D eigenvalue weighted by atomic mass is 9.85. The SMILES string of the molecule is N#Cc1ccc2c(c1)Cc1c-2ccc(-c2c3c(cc4oc5ccccc5c24)-c2cccc4cccc-3c24)c1C#N. The number of nitriles is 2. The normalized spacial score (nSPS) is 12.3. The second-order valence-electron chi connectivity index (χ2n) is 10.6. The largest absolute Gasteiger partial charge is 0.456 e. The molecule has 2 aliphatic rings. The first kappa shape index (κ1) is 21.3. The summed E-state index contributed by atoms with van der Waals surface area (Å²) in [7, 11) is 0. The number of fused-ring (bicyclic) bond motifs is 9. The molecule has 0 saturated heterocycles. The van der Waals surface area contributed by atoms with Gasteiger partial charge in [0.2, 0.25) is 0 Å². The molecule has 1 aromatic heterocycles. The van der Waals surface area contributed by atoms with Crippen LogP contribution in [0.1, 0.15) is 22.3 Å². The van der Waals surface area contributed by atoms with Crippen LogP contribution in [0.2, 0.25) is 0 Å². The molecule has 0 N–H and O–H groups in total. The fourth-order valence-corrected chi connectivity index (χ4v) is 7.10. The third-order valence-corrected chi connectivity index (χ3v) is 8.72. The molecule has 0 amide bonds. The van der Waals surface area contributed by atoms with Gasteiger partial charge in [0.1, 0.15) is 17.2 Å². The van der Waals surface area contributed by atoms with E-state index >= 15 is 0 Å². The maximum Gasteiger partial charge on any atom is 0.136 e. The first-order valence-corrected chi connectivity index (χ1v) is 13.4. The molecule has 3 nitrogen and oxygen atoms in total. The van der Waals surface area contributed by atoms with Gasteiger partial charge in [0.25, 0.3) is 0 Å². The molecule has 40 heavy (non-hydrogen) atoms. The highest BCUT2D eigenvalue weighted by Crippen LogP contribution is 2.56. The number of furan rings is 1. The number of para-hydroxylation sites is 1. The molecule has 0 fully saturated rings. The van der Waals surface area contributed by atoms with Crippen molar-refractivity contribution in [1.29, 1.82) is 10.5 Å². The van der Waals surface area contributed by atoms with Gasteiger partial charge in [-0.05, 0) is 79.5 Å². The highest BCUT2D eigenvalue weighted by molar-refractivity contribution is 6.26. The summed E-state index contributed by atoms with van der Waals surface area (Å²) in [6.45, 7) is 0. The van der Waals surface area contributed by atoms with Crippen LogP contribution >= 0.6 is 0 Å². The molecule has 0 unspecified atom stereocenters. The molecule has 0 spiro atoms. The van der Waals surface area contributed by atoms with E-state index in [0.717, 1.165) is 66.4 Å². The third-order valence-electron chi connectivity index (χ3n) is 8.72. The lowest BCUT2D eigenvalue weighted by Gasteiger charge is -2.16. The fraction of sp³-hybridized carbons (Fsp3) is 0.0270. The average molecular weight is 507 g/mol. The minimum absolute atomic E-state index is 0.636. The Balaban J connectivity index is 1.43. The predicted molar refractivity (Wildman–Crippen MR) is 159 cm³/mol. The average Bonchev–Trinajstić information content (AvgIpc) is 3.66. The molecule has 2 aliphatic carbocycles. The maximum absolute atomic E-state index is 10.7. The van der Waals surface area contributed by atoms with Crippen LogP contribution in [0.25, 0.3) is 77.2 Å². The minimum atomic E-state index is 0.636. The second kappa shape index (κ2) is 7.48. The Hall–Kier alpha value is -5.64. The molecule has 182 valence electrons. The molecule has 1 heterocycles.